The molecule has 1 nitrogen and oxygen atoms in total. The summed E-state index contributed by atoms with van der Waals surface area (Å²) in [5.41, 5.74) is -2.21. The van der Waals surface area contributed by atoms with Gasteiger partial charge in [-0.15, -0.1) is 0 Å². The lowest BCUT2D eigenvalue weighted by atomic mass is 9.85. The Labute approximate surface area is 58.4 Å². The zero-order valence-corrected chi connectivity index (χ0v) is 5.86. The zero-order chi connectivity index (χ0) is 7.78. The number of halogens is 2. The molecular formula is C7H10F2O. The van der Waals surface area contributed by atoms with Gasteiger partial charge in [0.15, 0.2) is 11.5 Å². The van der Waals surface area contributed by atoms with Crippen LogP contribution in [0, 0.1) is 0 Å². The lowest BCUT2D eigenvalue weighted by Gasteiger charge is -2.27. The number of carbonyl (C=O) groups is 1. The fourth-order valence-corrected chi connectivity index (χ4v) is 1.13. The first-order valence-corrected chi connectivity index (χ1v) is 3.41. The summed E-state index contributed by atoms with van der Waals surface area (Å²) in [6.07, 6.45) is -0.736. The lowest BCUT2D eigenvalue weighted by Crippen LogP contribution is -2.43. The Morgan fingerprint density at radius 2 is 2.30 bits per heavy atom. The number of rotatable bonds is 0. The Bertz CT molecular complexity index is 154. The molecular weight excluding hydrogens is 138 g/mol. The predicted molar refractivity (Wildman–Crippen MR) is 33.3 cm³/mol. The Morgan fingerprint density at radius 1 is 1.70 bits per heavy atom. The van der Waals surface area contributed by atoms with Crippen LogP contribution in [0.2, 0.25) is 0 Å². The lowest BCUT2D eigenvalue weighted by molar-refractivity contribution is -0.137. The van der Waals surface area contributed by atoms with E-state index in [9.17, 15) is 13.6 Å². The van der Waals surface area contributed by atoms with Crippen LogP contribution in [0.15, 0.2) is 0 Å². The number of Topliss-reactive ketones (excluding diaryl/α,β-unsaturated/α-hetero) is 1. The van der Waals surface area contributed by atoms with E-state index in [1.807, 2.05) is 0 Å². The first kappa shape index (κ1) is 7.63. The first-order valence-electron chi connectivity index (χ1n) is 3.41. The van der Waals surface area contributed by atoms with E-state index in [1.165, 1.54) is 0 Å². The monoisotopic (exact) mass is 148 g/mol. The summed E-state index contributed by atoms with van der Waals surface area (Å²) in [5.74, 6) is -0.591. The van der Waals surface area contributed by atoms with Gasteiger partial charge in [-0.05, 0) is 19.8 Å². The molecule has 1 fully saturated rings. The van der Waals surface area contributed by atoms with Crippen LogP contribution < -0.4 is 0 Å². The predicted octanol–water partition coefficient (Wildman–Crippen LogP) is 1.81. The number of alkyl halides is 2. The Morgan fingerprint density at radius 3 is 2.70 bits per heavy atom. The molecule has 1 rings (SSSR count). The molecule has 0 aromatic carbocycles. The molecule has 3 heteroatoms. The molecule has 0 bridgehead atoms. The molecule has 1 aliphatic rings. The maximum Gasteiger partial charge on any atom is 0.196 e. The Balaban J connectivity index is 2.73. The molecule has 0 spiro atoms. The summed E-state index contributed by atoms with van der Waals surface area (Å²) in [4.78, 5) is 10.7. The molecule has 0 aliphatic heterocycles. The highest BCUT2D eigenvalue weighted by atomic mass is 19.2. The van der Waals surface area contributed by atoms with Gasteiger partial charge in [-0.3, -0.25) is 4.79 Å². The molecule has 58 valence electrons. The van der Waals surface area contributed by atoms with E-state index in [4.69, 9.17) is 0 Å². The minimum absolute atomic E-state index is 0.179. The standard InChI is InChI=1S/C7H10F2O/c1-7(9)5(8)3-2-4-6(7)10/h5H,2-4H2,1H3. The average Bonchev–Trinajstić information content (AvgIpc) is 1.84. The van der Waals surface area contributed by atoms with Crippen molar-refractivity contribution in [2.45, 2.75) is 38.0 Å². The van der Waals surface area contributed by atoms with Crippen molar-refractivity contribution in [1.29, 1.82) is 0 Å². The largest absolute Gasteiger partial charge is 0.296 e. The van der Waals surface area contributed by atoms with Crippen LogP contribution in [-0.2, 0) is 4.79 Å². The fourth-order valence-electron chi connectivity index (χ4n) is 1.13. The topological polar surface area (TPSA) is 17.1 Å². The quantitative estimate of drug-likeness (QED) is 0.512. The minimum Gasteiger partial charge on any atom is -0.296 e. The second-order valence-corrected chi connectivity index (χ2v) is 2.86. The molecule has 2 atom stereocenters. The van der Waals surface area contributed by atoms with Crippen molar-refractivity contribution in [3.63, 3.8) is 0 Å². The molecule has 0 aromatic heterocycles. The van der Waals surface area contributed by atoms with E-state index in [2.05, 4.69) is 0 Å². The highest BCUT2D eigenvalue weighted by molar-refractivity contribution is 5.88. The van der Waals surface area contributed by atoms with Crippen molar-refractivity contribution in [3.05, 3.63) is 0 Å². The van der Waals surface area contributed by atoms with E-state index in [-0.39, 0.29) is 12.8 Å². The minimum atomic E-state index is -2.21. The van der Waals surface area contributed by atoms with Gasteiger partial charge in [0.2, 0.25) is 0 Å². The van der Waals surface area contributed by atoms with Crippen LogP contribution in [0.4, 0.5) is 8.78 Å². The summed E-state index contributed by atoms with van der Waals surface area (Å²) in [6, 6.07) is 0. The van der Waals surface area contributed by atoms with E-state index in [0.717, 1.165) is 6.92 Å². The number of hydrogen-bond donors (Lipinski definition) is 0. The summed E-state index contributed by atoms with van der Waals surface area (Å²) >= 11 is 0. The molecule has 0 aromatic rings. The van der Waals surface area contributed by atoms with Crippen LogP contribution >= 0.6 is 0 Å². The molecule has 0 saturated heterocycles. The van der Waals surface area contributed by atoms with Crippen molar-refractivity contribution < 1.29 is 13.6 Å². The van der Waals surface area contributed by atoms with E-state index >= 15 is 0 Å². The second kappa shape index (κ2) is 2.29. The van der Waals surface area contributed by atoms with Crippen molar-refractivity contribution in [3.8, 4) is 0 Å². The first-order chi connectivity index (χ1) is 4.55. The van der Waals surface area contributed by atoms with E-state index < -0.39 is 17.6 Å². The second-order valence-electron chi connectivity index (χ2n) is 2.86. The number of carbonyl (C=O) groups excluding carboxylic acids is 1. The van der Waals surface area contributed by atoms with Gasteiger partial charge in [-0.25, -0.2) is 8.78 Å². The summed E-state index contributed by atoms with van der Waals surface area (Å²) in [7, 11) is 0. The summed E-state index contributed by atoms with van der Waals surface area (Å²) < 4.78 is 25.5. The molecule has 1 saturated carbocycles. The highest BCUT2D eigenvalue weighted by Gasteiger charge is 2.44. The van der Waals surface area contributed by atoms with Gasteiger partial charge >= 0.3 is 0 Å². The smallest absolute Gasteiger partial charge is 0.196 e. The van der Waals surface area contributed by atoms with Gasteiger partial charge in [0.1, 0.15) is 6.17 Å². The number of ketones is 1. The molecule has 10 heavy (non-hydrogen) atoms. The average molecular weight is 148 g/mol. The van der Waals surface area contributed by atoms with Gasteiger partial charge in [0, 0.05) is 6.42 Å². The van der Waals surface area contributed by atoms with Crippen molar-refractivity contribution in [2.24, 2.45) is 0 Å². The molecule has 0 N–H and O–H groups in total. The third-order valence-electron chi connectivity index (χ3n) is 1.99. The van der Waals surface area contributed by atoms with Crippen LogP contribution in [0.3, 0.4) is 0 Å². The van der Waals surface area contributed by atoms with Crippen LogP contribution in [-0.4, -0.2) is 17.6 Å². The summed E-state index contributed by atoms with van der Waals surface area (Å²) in [6.45, 7) is 1.03. The van der Waals surface area contributed by atoms with Crippen LogP contribution in [0.5, 0.6) is 0 Å². The molecule has 0 radical (unpaired) electrons. The maximum absolute atomic E-state index is 12.9. The Kier molecular flexibility index (Phi) is 1.75. The fraction of sp³-hybridized carbons (Fsp3) is 0.857. The van der Waals surface area contributed by atoms with Gasteiger partial charge in [0.05, 0.1) is 0 Å². The van der Waals surface area contributed by atoms with Crippen molar-refractivity contribution >= 4 is 5.78 Å². The molecule has 0 heterocycles. The van der Waals surface area contributed by atoms with Crippen molar-refractivity contribution in [2.75, 3.05) is 0 Å². The number of hydrogen-bond acceptors (Lipinski definition) is 1. The summed E-state index contributed by atoms with van der Waals surface area (Å²) in [5, 5.41) is 0. The van der Waals surface area contributed by atoms with Crippen LogP contribution in [0.25, 0.3) is 0 Å². The molecule has 0 amide bonds. The highest BCUT2D eigenvalue weighted by Crippen LogP contribution is 2.30. The Hall–Kier alpha value is -0.470. The third-order valence-corrected chi connectivity index (χ3v) is 1.99. The van der Waals surface area contributed by atoms with E-state index in [1.54, 1.807) is 0 Å². The third kappa shape index (κ3) is 1.04. The zero-order valence-electron chi connectivity index (χ0n) is 5.86. The normalized spacial score (nSPS) is 41.9. The van der Waals surface area contributed by atoms with E-state index in [0.29, 0.717) is 6.42 Å². The van der Waals surface area contributed by atoms with Gasteiger partial charge < -0.3 is 0 Å². The molecule has 1 aliphatic carbocycles. The van der Waals surface area contributed by atoms with Crippen molar-refractivity contribution in [1.82, 2.24) is 0 Å². The van der Waals surface area contributed by atoms with Gasteiger partial charge in [-0.2, -0.15) is 0 Å². The molecule has 2 unspecified atom stereocenters. The maximum atomic E-state index is 12.9. The van der Waals surface area contributed by atoms with Gasteiger partial charge in [0.25, 0.3) is 0 Å². The van der Waals surface area contributed by atoms with Gasteiger partial charge in [-0.1, -0.05) is 0 Å². The SMILES string of the molecule is CC1(F)C(=O)CCCC1F. The van der Waals surface area contributed by atoms with Crippen LogP contribution in [0.1, 0.15) is 26.2 Å².